The maximum Gasteiger partial charge on any atom is 0.257 e. The molecule has 0 radical (unpaired) electrons. The van der Waals surface area contributed by atoms with Crippen molar-refractivity contribution >= 4 is 11.7 Å². The largest absolute Gasteiger partial charge is 0.383 e. The van der Waals surface area contributed by atoms with Crippen LogP contribution >= 0.6 is 0 Å². The Kier molecular flexibility index (Phi) is 6.81. The van der Waals surface area contributed by atoms with Gasteiger partial charge in [-0.2, -0.15) is 5.21 Å². The number of unbranched alkanes of at least 4 members (excludes halogenated alkanes) is 2. The normalized spacial score (nSPS) is 15.2. The van der Waals surface area contributed by atoms with E-state index in [4.69, 9.17) is 9.97 Å². The number of benzene rings is 2. The fraction of sp³-hybridized carbons (Fsp3) is 0.333. The van der Waals surface area contributed by atoms with Gasteiger partial charge in [-0.3, -0.25) is 9.69 Å². The highest BCUT2D eigenvalue weighted by Crippen LogP contribution is 2.35. The highest BCUT2D eigenvalue weighted by molar-refractivity contribution is 5.99. The molecule has 2 aromatic heterocycles. The van der Waals surface area contributed by atoms with Crippen molar-refractivity contribution in [2.75, 3.05) is 11.4 Å². The molecular weight excluding hydrogens is 454 g/mol. The third kappa shape index (κ3) is 5.01. The number of aliphatic hydroxyl groups excluding tert-OH is 1. The Morgan fingerprint density at radius 2 is 1.56 bits per heavy atom. The number of H-pyrrole nitrogens is 1. The van der Waals surface area contributed by atoms with Crippen molar-refractivity contribution in [3.63, 3.8) is 0 Å². The van der Waals surface area contributed by atoms with Crippen LogP contribution in [0.5, 0.6) is 0 Å². The standard InChI is InChI=1S/C27H29N7O2/c1-17-7-11-19(12-8-17)24-25(20-13-9-18(2)10-14-20)29-26-21(28-24)16-22(35)27(36)34(26)15-5-3-4-6-23-30-32-33-31-23/h7-14,22,35H,3-6,15-16H2,1-2H3,(H,30,31,32,33). The number of carbonyl (C=O) groups is 1. The fourth-order valence-corrected chi connectivity index (χ4v) is 4.43. The van der Waals surface area contributed by atoms with E-state index in [0.29, 0.717) is 23.9 Å². The van der Waals surface area contributed by atoms with Crippen LogP contribution in [0.4, 0.5) is 5.82 Å². The van der Waals surface area contributed by atoms with E-state index >= 15 is 0 Å². The third-order valence-electron chi connectivity index (χ3n) is 6.46. The smallest absolute Gasteiger partial charge is 0.257 e. The Morgan fingerprint density at radius 3 is 2.17 bits per heavy atom. The molecule has 5 rings (SSSR count). The van der Waals surface area contributed by atoms with E-state index in [2.05, 4.69) is 32.8 Å². The number of hydrogen-bond acceptors (Lipinski definition) is 7. The van der Waals surface area contributed by atoms with Gasteiger partial charge in [0.05, 0.1) is 17.1 Å². The summed E-state index contributed by atoms with van der Waals surface area (Å²) in [6.07, 6.45) is 2.27. The van der Waals surface area contributed by atoms with E-state index in [1.807, 2.05) is 50.2 Å². The highest BCUT2D eigenvalue weighted by Gasteiger charge is 2.34. The quantitative estimate of drug-likeness (QED) is 0.367. The van der Waals surface area contributed by atoms with Crippen LogP contribution in [0.15, 0.2) is 48.5 Å². The summed E-state index contributed by atoms with van der Waals surface area (Å²) in [7, 11) is 0. The molecule has 1 amide bonds. The fourth-order valence-electron chi connectivity index (χ4n) is 4.43. The van der Waals surface area contributed by atoms with Gasteiger partial charge in [0.25, 0.3) is 5.91 Å². The lowest BCUT2D eigenvalue weighted by Gasteiger charge is -2.31. The molecule has 2 N–H and O–H groups in total. The molecular formula is C27H29N7O2. The minimum Gasteiger partial charge on any atom is -0.383 e. The van der Waals surface area contributed by atoms with Gasteiger partial charge >= 0.3 is 0 Å². The van der Waals surface area contributed by atoms with E-state index in [9.17, 15) is 9.90 Å². The summed E-state index contributed by atoms with van der Waals surface area (Å²) in [4.78, 5) is 24.6. The van der Waals surface area contributed by atoms with Gasteiger partial charge in [0.15, 0.2) is 11.6 Å². The first kappa shape index (κ1) is 23.7. The van der Waals surface area contributed by atoms with Crippen molar-refractivity contribution in [2.45, 2.75) is 52.1 Å². The number of aromatic nitrogens is 6. The van der Waals surface area contributed by atoms with E-state index in [1.54, 1.807) is 4.90 Å². The third-order valence-corrected chi connectivity index (χ3v) is 6.46. The van der Waals surface area contributed by atoms with Crippen LogP contribution in [0.2, 0.25) is 0 Å². The first-order chi connectivity index (χ1) is 17.5. The summed E-state index contributed by atoms with van der Waals surface area (Å²) in [5.74, 6) is 0.893. The number of nitrogens with zero attached hydrogens (tertiary/aromatic N) is 6. The molecule has 1 aliphatic rings. The van der Waals surface area contributed by atoms with Gasteiger partial charge < -0.3 is 5.11 Å². The number of fused-ring (bicyclic) bond motifs is 1. The van der Waals surface area contributed by atoms with Crippen molar-refractivity contribution in [2.24, 2.45) is 0 Å². The molecule has 0 saturated carbocycles. The Bertz CT molecular complexity index is 1340. The molecule has 1 unspecified atom stereocenters. The zero-order chi connectivity index (χ0) is 25.1. The number of amides is 1. The number of rotatable bonds is 8. The predicted molar refractivity (Wildman–Crippen MR) is 136 cm³/mol. The highest BCUT2D eigenvalue weighted by atomic mass is 16.3. The molecule has 0 saturated heterocycles. The summed E-state index contributed by atoms with van der Waals surface area (Å²) >= 11 is 0. The van der Waals surface area contributed by atoms with Gasteiger partial charge in [0.2, 0.25) is 0 Å². The van der Waals surface area contributed by atoms with Crippen LogP contribution in [0.25, 0.3) is 22.5 Å². The average molecular weight is 484 g/mol. The first-order valence-electron chi connectivity index (χ1n) is 12.3. The maximum atomic E-state index is 13.0. The first-order valence-corrected chi connectivity index (χ1v) is 12.3. The van der Waals surface area contributed by atoms with Gasteiger partial charge in [-0.1, -0.05) is 71.3 Å². The molecule has 184 valence electrons. The van der Waals surface area contributed by atoms with Crippen molar-refractivity contribution in [3.8, 4) is 22.5 Å². The molecule has 1 atom stereocenters. The summed E-state index contributed by atoms with van der Waals surface area (Å²) in [5.41, 5.74) is 6.31. The summed E-state index contributed by atoms with van der Waals surface area (Å²) < 4.78 is 0. The van der Waals surface area contributed by atoms with E-state index < -0.39 is 6.10 Å². The number of tetrazole rings is 1. The average Bonchev–Trinajstić information content (AvgIpc) is 3.40. The second-order valence-corrected chi connectivity index (χ2v) is 9.27. The molecule has 0 spiro atoms. The Hall–Kier alpha value is -3.98. The minimum atomic E-state index is -1.12. The molecule has 9 heteroatoms. The molecule has 0 fully saturated rings. The number of carbonyl (C=O) groups excluding carboxylic acids is 1. The molecule has 9 nitrogen and oxygen atoms in total. The van der Waals surface area contributed by atoms with Gasteiger partial charge in [-0.05, 0) is 26.7 Å². The molecule has 36 heavy (non-hydrogen) atoms. The van der Waals surface area contributed by atoms with Gasteiger partial charge in [0, 0.05) is 30.5 Å². The van der Waals surface area contributed by atoms with Crippen LogP contribution in [0, 0.1) is 13.8 Å². The van der Waals surface area contributed by atoms with Gasteiger partial charge in [-0.25, -0.2) is 9.97 Å². The van der Waals surface area contributed by atoms with Gasteiger partial charge in [-0.15, -0.1) is 10.2 Å². The van der Waals surface area contributed by atoms with Crippen molar-refractivity contribution < 1.29 is 9.90 Å². The van der Waals surface area contributed by atoms with Crippen molar-refractivity contribution in [1.29, 1.82) is 0 Å². The van der Waals surface area contributed by atoms with Crippen molar-refractivity contribution in [1.82, 2.24) is 30.6 Å². The van der Waals surface area contributed by atoms with Gasteiger partial charge in [0.1, 0.15) is 6.10 Å². The predicted octanol–water partition coefficient (Wildman–Crippen LogP) is 3.60. The lowest BCUT2D eigenvalue weighted by Crippen LogP contribution is -2.46. The molecule has 4 aromatic rings. The topological polar surface area (TPSA) is 121 Å². The molecule has 3 heterocycles. The summed E-state index contributed by atoms with van der Waals surface area (Å²) in [5, 5.41) is 24.5. The number of aromatic amines is 1. The van der Waals surface area contributed by atoms with Crippen molar-refractivity contribution in [3.05, 3.63) is 71.2 Å². The second-order valence-electron chi connectivity index (χ2n) is 9.27. The maximum absolute atomic E-state index is 13.0. The summed E-state index contributed by atoms with van der Waals surface area (Å²) in [6, 6.07) is 16.3. The minimum absolute atomic E-state index is 0.155. The zero-order valence-corrected chi connectivity index (χ0v) is 20.5. The van der Waals surface area contributed by atoms with Crippen LogP contribution < -0.4 is 4.90 Å². The Labute approximate surface area is 209 Å². The van der Waals surface area contributed by atoms with E-state index in [0.717, 1.165) is 59.3 Å². The van der Waals surface area contributed by atoms with Crippen LogP contribution in [-0.4, -0.2) is 54.3 Å². The van der Waals surface area contributed by atoms with E-state index in [1.165, 1.54) is 0 Å². The van der Waals surface area contributed by atoms with E-state index in [-0.39, 0.29) is 12.3 Å². The molecule has 1 aliphatic heterocycles. The number of anilines is 1. The summed E-state index contributed by atoms with van der Waals surface area (Å²) in [6.45, 7) is 4.55. The van der Waals surface area contributed by atoms with Crippen LogP contribution in [-0.2, 0) is 17.6 Å². The lowest BCUT2D eigenvalue weighted by molar-refractivity contribution is -0.127. The zero-order valence-electron chi connectivity index (χ0n) is 20.5. The second kappa shape index (κ2) is 10.3. The van der Waals surface area contributed by atoms with Crippen LogP contribution in [0.3, 0.4) is 0 Å². The van der Waals surface area contributed by atoms with Crippen LogP contribution in [0.1, 0.15) is 41.9 Å². The Balaban J connectivity index is 1.47. The number of nitrogens with one attached hydrogen (secondary N) is 1. The SMILES string of the molecule is Cc1ccc(-c2nc3c(nc2-c2ccc(C)cc2)N(CCCCCc2nn[nH]n2)C(=O)C(O)C3)cc1. The number of aryl methyl sites for hydroxylation is 3. The lowest BCUT2D eigenvalue weighted by atomic mass is 10.00. The molecule has 0 aliphatic carbocycles. The molecule has 2 aromatic carbocycles. The Morgan fingerprint density at radius 1 is 0.917 bits per heavy atom. The number of aliphatic hydroxyl groups is 1. The monoisotopic (exact) mass is 483 g/mol. The number of hydrogen-bond donors (Lipinski definition) is 2. The molecule has 0 bridgehead atoms.